The Kier molecular flexibility index (Phi) is 6.96. The van der Waals surface area contributed by atoms with E-state index in [-0.39, 0.29) is 11.2 Å². The van der Waals surface area contributed by atoms with Crippen molar-refractivity contribution < 1.29 is 9.18 Å². The fraction of sp³-hybridized carbons (Fsp3) is 0.250. The van der Waals surface area contributed by atoms with E-state index in [1.807, 2.05) is 58.0 Å². The van der Waals surface area contributed by atoms with Crippen LogP contribution < -0.4 is 10.9 Å². The molecule has 1 aromatic heterocycles. The van der Waals surface area contributed by atoms with Gasteiger partial charge in [-0.25, -0.2) is 14.2 Å². The number of halogens is 1. The van der Waals surface area contributed by atoms with Crippen molar-refractivity contribution in [2.24, 2.45) is 0 Å². The standard InChI is InChI=1S/C28H29FN4O2/c1-5-24(32(6-2)28(35)31-23-14-10-8-12-21(23)29)26-30-22-13-9-7-11-20(22)27(34)33(26)25-16-15-18(3)17-19(25)4/h7-17,24H,5-6H2,1-4H3,(H,31,35). The van der Waals surface area contributed by atoms with Crippen LogP contribution in [0.15, 0.2) is 71.5 Å². The highest BCUT2D eigenvalue weighted by Gasteiger charge is 2.29. The third-order valence-corrected chi connectivity index (χ3v) is 6.17. The molecule has 7 heteroatoms. The van der Waals surface area contributed by atoms with E-state index in [1.165, 1.54) is 12.1 Å². The van der Waals surface area contributed by atoms with Gasteiger partial charge in [0.25, 0.3) is 5.56 Å². The molecule has 0 saturated heterocycles. The van der Waals surface area contributed by atoms with Crippen LogP contribution in [0.5, 0.6) is 0 Å². The number of hydrogen-bond donors (Lipinski definition) is 1. The van der Waals surface area contributed by atoms with Gasteiger partial charge in [-0.15, -0.1) is 0 Å². The molecule has 0 aliphatic heterocycles. The van der Waals surface area contributed by atoms with E-state index in [4.69, 9.17) is 4.98 Å². The van der Waals surface area contributed by atoms with Crippen LogP contribution in [0, 0.1) is 19.7 Å². The van der Waals surface area contributed by atoms with Gasteiger partial charge in [-0.05, 0) is 63.1 Å². The number of aromatic nitrogens is 2. The summed E-state index contributed by atoms with van der Waals surface area (Å²) < 4.78 is 15.8. The highest BCUT2D eigenvalue weighted by atomic mass is 19.1. The van der Waals surface area contributed by atoms with E-state index >= 15 is 0 Å². The maximum atomic E-state index is 14.2. The smallest absolute Gasteiger partial charge is 0.315 e. The molecule has 4 rings (SSSR count). The fourth-order valence-corrected chi connectivity index (χ4v) is 4.46. The molecule has 1 unspecified atom stereocenters. The average Bonchev–Trinajstić information content (AvgIpc) is 2.84. The minimum atomic E-state index is -0.523. The van der Waals surface area contributed by atoms with Gasteiger partial charge < -0.3 is 10.2 Å². The summed E-state index contributed by atoms with van der Waals surface area (Å²) in [6, 6.07) is 18.2. The SMILES string of the molecule is CCC(c1nc2ccccc2c(=O)n1-c1ccc(C)cc1C)N(CC)C(=O)Nc1ccccc1F. The molecule has 0 aliphatic carbocycles. The molecule has 6 nitrogen and oxygen atoms in total. The molecule has 2 amide bonds. The van der Waals surface area contributed by atoms with Crippen LogP contribution >= 0.6 is 0 Å². The number of benzene rings is 3. The summed E-state index contributed by atoms with van der Waals surface area (Å²) in [5, 5.41) is 3.18. The molecule has 1 heterocycles. The summed E-state index contributed by atoms with van der Waals surface area (Å²) >= 11 is 0. The lowest BCUT2D eigenvalue weighted by Gasteiger charge is -2.31. The number of para-hydroxylation sites is 2. The molecule has 0 saturated carbocycles. The van der Waals surface area contributed by atoms with Crippen LogP contribution in [0.3, 0.4) is 0 Å². The van der Waals surface area contributed by atoms with Crippen molar-refractivity contribution in [2.75, 3.05) is 11.9 Å². The zero-order valence-corrected chi connectivity index (χ0v) is 20.4. The summed E-state index contributed by atoms with van der Waals surface area (Å²) in [6.07, 6.45) is 0.508. The van der Waals surface area contributed by atoms with Gasteiger partial charge in [0, 0.05) is 6.54 Å². The minimum Gasteiger partial charge on any atom is -0.315 e. The van der Waals surface area contributed by atoms with Gasteiger partial charge in [0.05, 0.1) is 28.3 Å². The monoisotopic (exact) mass is 472 g/mol. The van der Waals surface area contributed by atoms with Crippen LogP contribution in [-0.4, -0.2) is 27.0 Å². The molecule has 4 aromatic rings. The Morgan fingerprint density at radius 1 is 1.06 bits per heavy atom. The van der Waals surface area contributed by atoms with Gasteiger partial charge >= 0.3 is 6.03 Å². The van der Waals surface area contributed by atoms with Crippen LogP contribution in [0.2, 0.25) is 0 Å². The van der Waals surface area contributed by atoms with Gasteiger partial charge in [-0.1, -0.05) is 48.9 Å². The van der Waals surface area contributed by atoms with Crippen LogP contribution in [0.4, 0.5) is 14.9 Å². The highest BCUT2D eigenvalue weighted by molar-refractivity contribution is 5.89. The molecular weight excluding hydrogens is 443 g/mol. The van der Waals surface area contributed by atoms with Crippen LogP contribution in [0.1, 0.15) is 43.3 Å². The molecule has 3 aromatic carbocycles. The molecule has 0 aliphatic rings. The number of rotatable bonds is 6. The zero-order chi connectivity index (χ0) is 25.1. The molecule has 0 fully saturated rings. The van der Waals surface area contributed by atoms with Gasteiger partial charge in [0.15, 0.2) is 0 Å². The number of hydrogen-bond acceptors (Lipinski definition) is 3. The summed E-state index contributed by atoms with van der Waals surface area (Å²) in [5.41, 5.74) is 3.21. The molecule has 0 spiro atoms. The maximum absolute atomic E-state index is 14.2. The Morgan fingerprint density at radius 3 is 2.46 bits per heavy atom. The van der Waals surface area contributed by atoms with Crippen LogP contribution in [-0.2, 0) is 0 Å². The van der Waals surface area contributed by atoms with E-state index < -0.39 is 17.9 Å². The lowest BCUT2D eigenvalue weighted by atomic mass is 10.1. The van der Waals surface area contributed by atoms with Crippen molar-refractivity contribution in [1.82, 2.24) is 14.5 Å². The van der Waals surface area contributed by atoms with E-state index in [1.54, 1.807) is 33.7 Å². The van der Waals surface area contributed by atoms with Crippen molar-refractivity contribution in [3.63, 3.8) is 0 Å². The molecule has 35 heavy (non-hydrogen) atoms. The normalized spacial score (nSPS) is 11.9. The van der Waals surface area contributed by atoms with E-state index in [0.29, 0.717) is 29.7 Å². The number of carbonyl (C=O) groups excluding carboxylic acids is 1. The average molecular weight is 473 g/mol. The number of anilines is 1. The molecule has 1 N–H and O–H groups in total. The van der Waals surface area contributed by atoms with Gasteiger partial charge in [-0.2, -0.15) is 0 Å². The quantitative estimate of drug-likeness (QED) is 0.366. The number of amides is 2. The summed E-state index contributed by atoms with van der Waals surface area (Å²) in [7, 11) is 0. The van der Waals surface area contributed by atoms with E-state index in [2.05, 4.69) is 5.32 Å². The van der Waals surface area contributed by atoms with E-state index in [0.717, 1.165) is 16.8 Å². The van der Waals surface area contributed by atoms with Crippen molar-refractivity contribution >= 4 is 22.6 Å². The number of carbonyl (C=O) groups is 1. The largest absolute Gasteiger partial charge is 0.322 e. The summed E-state index contributed by atoms with van der Waals surface area (Å²) in [6.45, 7) is 8.09. The number of nitrogens with one attached hydrogen (secondary N) is 1. The number of nitrogens with zero attached hydrogens (tertiary/aromatic N) is 3. The first-order chi connectivity index (χ1) is 16.8. The number of aryl methyl sites for hydroxylation is 2. The Balaban J connectivity index is 1.89. The molecule has 1 atom stereocenters. The third kappa shape index (κ3) is 4.67. The topological polar surface area (TPSA) is 67.2 Å². The summed E-state index contributed by atoms with van der Waals surface area (Å²) in [5.74, 6) is -0.0466. The van der Waals surface area contributed by atoms with Crippen molar-refractivity contribution in [2.45, 2.75) is 40.2 Å². The van der Waals surface area contributed by atoms with E-state index in [9.17, 15) is 14.0 Å². The Morgan fingerprint density at radius 2 is 1.77 bits per heavy atom. The molecule has 0 radical (unpaired) electrons. The lowest BCUT2D eigenvalue weighted by molar-refractivity contribution is 0.185. The number of urea groups is 1. The van der Waals surface area contributed by atoms with Crippen molar-refractivity contribution in [3.8, 4) is 5.69 Å². The second-order valence-electron chi connectivity index (χ2n) is 8.54. The predicted octanol–water partition coefficient (Wildman–Crippen LogP) is 6.15. The van der Waals surface area contributed by atoms with Crippen molar-refractivity contribution in [1.29, 1.82) is 0 Å². The maximum Gasteiger partial charge on any atom is 0.322 e. The molecule has 180 valence electrons. The first-order valence-electron chi connectivity index (χ1n) is 11.8. The second kappa shape index (κ2) is 10.1. The van der Waals surface area contributed by atoms with Crippen LogP contribution in [0.25, 0.3) is 16.6 Å². The molecular formula is C28H29FN4O2. The second-order valence-corrected chi connectivity index (χ2v) is 8.54. The third-order valence-electron chi connectivity index (χ3n) is 6.17. The van der Waals surface area contributed by atoms with Gasteiger partial charge in [0.2, 0.25) is 0 Å². The predicted molar refractivity (Wildman–Crippen MR) is 138 cm³/mol. The van der Waals surface area contributed by atoms with Crippen molar-refractivity contribution in [3.05, 3.63) is 99.9 Å². The molecule has 0 bridgehead atoms. The highest BCUT2D eigenvalue weighted by Crippen LogP contribution is 2.28. The summed E-state index contributed by atoms with van der Waals surface area (Å²) in [4.78, 5) is 33.6. The number of fused-ring (bicyclic) bond motifs is 1. The zero-order valence-electron chi connectivity index (χ0n) is 20.4. The fourth-order valence-electron chi connectivity index (χ4n) is 4.46. The Hall–Kier alpha value is -4.00. The first kappa shape index (κ1) is 24.1. The van der Waals surface area contributed by atoms with Gasteiger partial charge in [-0.3, -0.25) is 9.36 Å². The Labute approximate surface area is 204 Å². The first-order valence-corrected chi connectivity index (χ1v) is 11.8. The lowest BCUT2D eigenvalue weighted by Crippen LogP contribution is -2.41. The Bertz CT molecular complexity index is 1450. The minimum absolute atomic E-state index is 0.101. The van der Waals surface area contributed by atoms with Gasteiger partial charge in [0.1, 0.15) is 11.6 Å².